The highest BCUT2D eigenvalue weighted by atomic mass is 32.2. The van der Waals surface area contributed by atoms with Crippen LogP contribution in [0, 0.1) is 5.82 Å². The van der Waals surface area contributed by atoms with Gasteiger partial charge in [-0.2, -0.15) is 4.31 Å². The summed E-state index contributed by atoms with van der Waals surface area (Å²) >= 11 is 0. The lowest BCUT2D eigenvalue weighted by molar-refractivity contribution is -0.121. The van der Waals surface area contributed by atoms with Crippen LogP contribution in [0.3, 0.4) is 0 Å². The number of para-hydroxylation sites is 1. The number of sulfonamides is 1. The average molecular weight is 366 g/mol. The van der Waals surface area contributed by atoms with Crippen LogP contribution in [0.25, 0.3) is 0 Å². The van der Waals surface area contributed by atoms with Gasteiger partial charge in [-0.3, -0.25) is 4.79 Å². The van der Waals surface area contributed by atoms with Crippen molar-refractivity contribution in [1.82, 2.24) is 9.62 Å². The molecular formula is C17H19FN2O4S. The van der Waals surface area contributed by atoms with Crippen LogP contribution in [-0.4, -0.2) is 45.4 Å². The number of carbonyl (C=O) groups excluding carboxylic acids is 1. The van der Waals surface area contributed by atoms with Gasteiger partial charge in [0, 0.05) is 7.05 Å². The molecule has 0 aliphatic carbocycles. The van der Waals surface area contributed by atoms with Crippen molar-refractivity contribution in [3.63, 3.8) is 0 Å². The van der Waals surface area contributed by atoms with Crippen molar-refractivity contribution in [3.8, 4) is 5.75 Å². The van der Waals surface area contributed by atoms with Crippen molar-refractivity contribution in [3.05, 3.63) is 60.4 Å². The molecule has 6 nitrogen and oxygen atoms in total. The lowest BCUT2D eigenvalue weighted by Gasteiger charge is -2.17. The van der Waals surface area contributed by atoms with Gasteiger partial charge in [-0.15, -0.1) is 0 Å². The molecule has 0 saturated carbocycles. The molecule has 1 N–H and O–H groups in total. The minimum absolute atomic E-state index is 0.0726. The number of ether oxygens (including phenoxy) is 1. The van der Waals surface area contributed by atoms with Crippen LogP contribution in [-0.2, 0) is 14.8 Å². The second kappa shape index (κ2) is 8.59. The molecule has 0 radical (unpaired) electrons. The van der Waals surface area contributed by atoms with Gasteiger partial charge in [0.05, 0.1) is 18.0 Å². The van der Waals surface area contributed by atoms with Crippen molar-refractivity contribution in [2.75, 3.05) is 26.7 Å². The molecule has 0 bridgehead atoms. The van der Waals surface area contributed by atoms with Crippen molar-refractivity contribution in [2.24, 2.45) is 0 Å². The predicted octanol–water partition coefficient (Wildman–Crippen LogP) is 1.64. The summed E-state index contributed by atoms with van der Waals surface area (Å²) in [7, 11) is -2.56. The molecule has 0 aliphatic rings. The van der Waals surface area contributed by atoms with Gasteiger partial charge in [-0.05, 0) is 36.4 Å². The summed E-state index contributed by atoms with van der Waals surface area (Å²) in [5.74, 6) is -0.296. The molecule has 0 atom stereocenters. The summed E-state index contributed by atoms with van der Waals surface area (Å²) < 4.78 is 43.8. The lowest BCUT2D eigenvalue weighted by atomic mass is 10.3. The number of carbonyl (C=O) groups is 1. The number of benzene rings is 2. The second-order valence-corrected chi connectivity index (χ2v) is 7.27. The molecule has 1 amide bonds. The predicted molar refractivity (Wildman–Crippen MR) is 91.2 cm³/mol. The Morgan fingerprint density at radius 1 is 1.12 bits per heavy atom. The molecule has 0 heterocycles. The van der Waals surface area contributed by atoms with E-state index in [4.69, 9.17) is 4.74 Å². The molecular weight excluding hydrogens is 347 g/mol. The Morgan fingerprint density at radius 3 is 2.40 bits per heavy atom. The van der Waals surface area contributed by atoms with E-state index >= 15 is 0 Å². The van der Waals surface area contributed by atoms with Gasteiger partial charge in [0.25, 0.3) is 0 Å². The molecule has 0 aromatic heterocycles. The molecule has 0 saturated heterocycles. The summed E-state index contributed by atoms with van der Waals surface area (Å²) in [4.78, 5) is 11.8. The van der Waals surface area contributed by atoms with Gasteiger partial charge < -0.3 is 10.1 Å². The zero-order valence-electron chi connectivity index (χ0n) is 13.7. The van der Waals surface area contributed by atoms with Crippen LogP contribution >= 0.6 is 0 Å². The Morgan fingerprint density at radius 2 is 1.76 bits per heavy atom. The molecule has 25 heavy (non-hydrogen) atoms. The van der Waals surface area contributed by atoms with Gasteiger partial charge in [-0.25, -0.2) is 12.8 Å². The first kappa shape index (κ1) is 18.9. The van der Waals surface area contributed by atoms with Crippen LogP contribution in [0.4, 0.5) is 4.39 Å². The SMILES string of the molecule is CN(CC(=O)NCCOc1ccccc1)S(=O)(=O)c1ccc(F)cc1. The Hall–Kier alpha value is -2.45. The summed E-state index contributed by atoms with van der Waals surface area (Å²) in [5.41, 5.74) is 0. The number of halogens is 1. The number of rotatable bonds is 8. The number of nitrogens with one attached hydrogen (secondary N) is 1. The average Bonchev–Trinajstić information content (AvgIpc) is 2.60. The number of likely N-dealkylation sites (N-methyl/N-ethyl adjacent to an activating group) is 1. The molecule has 0 fully saturated rings. The minimum Gasteiger partial charge on any atom is -0.492 e. The minimum atomic E-state index is -3.85. The molecule has 134 valence electrons. The van der Waals surface area contributed by atoms with Crippen LogP contribution in [0.5, 0.6) is 5.75 Å². The smallest absolute Gasteiger partial charge is 0.243 e. The molecule has 8 heteroatoms. The van der Waals surface area contributed by atoms with E-state index in [9.17, 15) is 17.6 Å². The first-order chi connectivity index (χ1) is 11.9. The van der Waals surface area contributed by atoms with Gasteiger partial charge >= 0.3 is 0 Å². The van der Waals surface area contributed by atoms with E-state index in [1.165, 1.54) is 7.05 Å². The van der Waals surface area contributed by atoms with E-state index in [0.29, 0.717) is 5.75 Å². The third-order valence-electron chi connectivity index (χ3n) is 3.32. The van der Waals surface area contributed by atoms with Crippen molar-refractivity contribution < 1.29 is 22.3 Å². The van der Waals surface area contributed by atoms with Crippen molar-refractivity contribution >= 4 is 15.9 Å². The molecule has 0 spiro atoms. The fourth-order valence-corrected chi connectivity index (χ4v) is 3.13. The highest BCUT2D eigenvalue weighted by Gasteiger charge is 2.22. The Labute approximate surface area is 146 Å². The van der Waals surface area contributed by atoms with Gasteiger partial charge in [-0.1, -0.05) is 18.2 Å². The molecule has 0 aliphatic heterocycles. The number of amides is 1. The fraction of sp³-hybridized carbons (Fsp3) is 0.235. The summed E-state index contributed by atoms with van der Waals surface area (Å²) in [6.07, 6.45) is 0. The highest BCUT2D eigenvalue weighted by molar-refractivity contribution is 7.89. The number of hydrogen-bond acceptors (Lipinski definition) is 4. The summed E-state index contributed by atoms with van der Waals surface area (Å²) in [6, 6.07) is 13.6. The zero-order valence-corrected chi connectivity index (χ0v) is 14.5. The quantitative estimate of drug-likeness (QED) is 0.721. The Bertz CT molecular complexity index is 795. The molecule has 2 rings (SSSR count). The van der Waals surface area contributed by atoms with E-state index in [-0.39, 0.29) is 24.6 Å². The molecule has 2 aromatic carbocycles. The third kappa shape index (κ3) is 5.54. The van der Waals surface area contributed by atoms with Crippen LogP contribution in [0.2, 0.25) is 0 Å². The third-order valence-corrected chi connectivity index (χ3v) is 5.14. The van der Waals surface area contributed by atoms with Crippen LogP contribution in [0.15, 0.2) is 59.5 Å². The van der Waals surface area contributed by atoms with Gasteiger partial charge in [0.1, 0.15) is 18.2 Å². The van der Waals surface area contributed by atoms with Gasteiger partial charge in [0.15, 0.2) is 0 Å². The maximum Gasteiger partial charge on any atom is 0.243 e. The first-order valence-electron chi connectivity index (χ1n) is 7.56. The van der Waals surface area contributed by atoms with E-state index in [1.807, 2.05) is 18.2 Å². The fourth-order valence-electron chi connectivity index (χ4n) is 2.01. The Kier molecular flexibility index (Phi) is 6.49. The van der Waals surface area contributed by atoms with Crippen molar-refractivity contribution in [1.29, 1.82) is 0 Å². The largest absolute Gasteiger partial charge is 0.492 e. The van der Waals surface area contributed by atoms with Gasteiger partial charge in [0.2, 0.25) is 15.9 Å². The summed E-state index contributed by atoms with van der Waals surface area (Å²) in [5, 5.41) is 2.59. The van der Waals surface area contributed by atoms with E-state index in [0.717, 1.165) is 28.6 Å². The lowest BCUT2D eigenvalue weighted by Crippen LogP contribution is -2.39. The Balaban J connectivity index is 1.80. The topological polar surface area (TPSA) is 75.7 Å². The maximum absolute atomic E-state index is 12.9. The number of nitrogens with zero attached hydrogens (tertiary/aromatic N) is 1. The first-order valence-corrected chi connectivity index (χ1v) is 9.00. The summed E-state index contributed by atoms with van der Waals surface area (Å²) in [6.45, 7) is 0.174. The normalized spacial score (nSPS) is 11.3. The standard InChI is InChI=1S/C17H19FN2O4S/c1-20(25(22,23)16-9-7-14(18)8-10-16)13-17(21)19-11-12-24-15-5-3-2-4-6-15/h2-10H,11-13H2,1H3,(H,19,21). The van der Waals surface area contributed by atoms with E-state index in [1.54, 1.807) is 12.1 Å². The monoisotopic (exact) mass is 366 g/mol. The maximum atomic E-state index is 12.9. The number of hydrogen-bond donors (Lipinski definition) is 1. The molecule has 0 unspecified atom stereocenters. The highest BCUT2D eigenvalue weighted by Crippen LogP contribution is 2.14. The zero-order chi connectivity index (χ0) is 18.3. The van der Waals surface area contributed by atoms with Crippen molar-refractivity contribution in [2.45, 2.75) is 4.90 Å². The molecule has 2 aromatic rings. The van der Waals surface area contributed by atoms with E-state index in [2.05, 4.69) is 5.32 Å². The second-order valence-electron chi connectivity index (χ2n) is 5.23. The van der Waals surface area contributed by atoms with Crippen LogP contribution < -0.4 is 10.1 Å². The van der Waals surface area contributed by atoms with E-state index < -0.39 is 21.7 Å². The van der Waals surface area contributed by atoms with Crippen LogP contribution in [0.1, 0.15) is 0 Å².